The van der Waals surface area contributed by atoms with Gasteiger partial charge in [0, 0.05) is 18.7 Å². The van der Waals surface area contributed by atoms with Crippen LogP contribution in [-0.2, 0) is 6.54 Å². The highest BCUT2D eigenvalue weighted by molar-refractivity contribution is 5.93. The van der Waals surface area contributed by atoms with E-state index in [1.807, 2.05) is 0 Å². The number of nitrogens with zero attached hydrogens (tertiary/aromatic N) is 1. The molecule has 1 aromatic heterocycles. The molecule has 0 bridgehead atoms. The first kappa shape index (κ1) is 14.9. The van der Waals surface area contributed by atoms with Gasteiger partial charge in [-0.25, -0.2) is 4.79 Å². The molecule has 0 atom stereocenters. The average Bonchev–Trinajstić information content (AvgIpc) is 2.48. The van der Waals surface area contributed by atoms with Crippen molar-refractivity contribution in [2.75, 3.05) is 20.8 Å². The number of carboxylic acids is 1. The molecule has 1 heterocycles. The smallest absolute Gasteiger partial charge is 0.352 e. The number of aliphatic hydroxyl groups excluding tert-OH is 1. The summed E-state index contributed by atoms with van der Waals surface area (Å²) in [5, 5.41) is 18.7. The first-order valence-corrected chi connectivity index (χ1v) is 6.17. The number of carboxylic acid groups (broad SMARTS) is 1. The first-order valence-electron chi connectivity index (χ1n) is 6.17. The second-order valence-electron chi connectivity index (χ2n) is 4.30. The van der Waals surface area contributed by atoms with Gasteiger partial charge in [0.15, 0.2) is 5.43 Å². The molecule has 0 radical (unpaired) electrons. The summed E-state index contributed by atoms with van der Waals surface area (Å²) in [6.45, 7) is -0.242. The maximum absolute atomic E-state index is 12.1. The Bertz CT molecular complexity index is 749. The molecule has 0 aliphatic heterocycles. The highest BCUT2D eigenvalue weighted by Crippen LogP contribution is 2.30. The molecule has 0 saturated heterocycles. The molecule has 2 N–H and O–H groups in total. The van der Waals surface area contributed by atoms with Gasteiger partial charge in [0.25, 0.3) is 0 Å². The lowest BCUT2D eigenvalue weighted by molar-refractivity contribution is 0.0683. The zero-order valence-corrected chi connectivity index (χ0v) is 11.6. The highest BCUT2D eigenvalue weighted by Gasteiger charge is 2.18. The Morgan fingerprint density at radius 1 is 1.24 bits per heavy atom. The number of ether oxygens (including phenoxy) is 2. The fourth-order valence-electron chi connectivity index (χ4n) is 2.23. The average molecular weight is 293 g/mol. The van der Waals surface area contributed by atoms with Crippen LogP contribution in [0.15, 0.2) is 23.0 Å². The van der Waals surface area contributed by atoms with Gasteiger partial charge in [-0.05, 0) is 6.07 Å². The van der Waals surface area contributed by atoms with Gasteiger partial charge in [0.2, 0.25) is 0 Å². The van der Waals surface area contributed by atoms with Crippen molar-refractivity contribution in [3.63, 3.8) is 0 Å². The van der Waals surface area contributed by atoms with Crippen molar-refractivity contribution in [2.45, 2.75) is 6.54 Å². The SMILES string of the molecule is COc1cc(OC)c2c(c1)c(=O)cc(C(=O)O)n2CCO. The van der Waals surface area contributed by atoms with E-state index in [0.717, 1.165) is 6.07 Å². The van der Waals surface area contributed by atoms with E-state index in [1.54, 1.807) is 6.07 Å². The van der Waals surface area contributed by atoms with E-state index in [4.69, 9.17) is 14.6 Å². The van der Waals surface area contributed by atoms with Crippen molar-refractivity contribution in [1.82, 2.24) is 4.57 Å². The predicted molar refractivity (Wildman–Crippen MR) is 75.4 cm³/mol. The van der Waals surface area contributed by atoms with Gasteiger partial charge in [-0.3, -0.25) is 4.79 Å². The van der Waals surface area contributed by atoms with Gasteiger partial charge in [0.1, 0.15) is 17.2 Å². The van der Waals surface area contributed by atoms with Gasteiger partial charge in [0.05, 0.1) is 31.7 Å². The number of fused-ring (bicyclic) bond motifs is 1. The molecule has 0 unspecified atom stereocenters. The molecule has 112 valence electrons. The number of methoxy groups -OCH3 is 2. The zero-order chi connectivity index (χ0) is 15.6. The normalized spacial score (nSPS) is 10.6. The van der Waals surface area contributed by atoms with E-state index in [-0.39, 0.29) is 24.2 Å². The minimum absolute atomic E-state index is 0.0289. The Labute approximate surface area is 120 Å². The van der Waals surface area contributed by atoms with E-state index in [9.17, 15) is 14.7 Å². The Morgan fingerprint density at radius 2 is 1.95 bits per heavy atom. The van der Waals surface area contributed by atoms with Crippen molar-refractivity contribution < 1.29 is 24.5 Å². The van der Waals surface area contributed by atoms with Crippen LogP contribution >= 0.6 is 0 Å². The molecule has 0 spiro atoms. The lowest BCUT2D eigenvalue weighted by Crippen LogP contribution is -2.20. The molecule has 21 heavy (non-hydrogen) atoms. The van der Waals surface area contributed by atoms with E-state index in [1.165, 1.54) is 24.9 Å². The predicted octanol–water partition coefficient (Wildman–Crippen LogP) is 0.709. The summed E-state index contributed by atoms with van der Waals surface area (Å²) < 4.78 is 11.7. The summed E-state index contributed by atoms with van der Waals surface area (Å²) in [6.07, 6.45) is 0. The molecule has 0 aliphatic rings. The number of aromatic carboxylic acids is 1. The molecular weight excluding hydrogens is 278 g/mol. The van der Waals surface area contributed by atoms with E-state index in [2.05, 4.69) is 0 Å². The number of hydrogen-bond donors (Lipinski definition) is 2. The van der Waals surface area contributed by atoms with Crippen LogP contribution in [0, 0.1) is 0 Å². The van der Waals surface area contributed by atoms with Crippen molar-refractivity contribution in [1.29, 1.82) is 0 Å². The molecule has 0 fully saturated rings. The second kappa shape index (κ2) is 5.84. The minimum Gasteiger partial charge on any atom is -0.497 e. The van der Waals surface area contributed by atoms with Crippen LogP contribution in [-0.4, -0.2) is 41.6 Å². The summed E-state index contributed by atoms with van der Waals surface area (Å²) in [6, 6.07) is 4.10. The monoisotopic (exact) mass is 293 g/mol. The number of carbonyl (C=O) groups is 1. The number of aromatic nitrogens is 1. The molecule has 7 nitrogen and oxygen atoms in total. The number of pyridine rings is 1. The third-order valence-corrected chi connectivity index (χ3v) is 3.14. The Balaban J connectivity index is 2.97. The molecule has 2 rings (SSSR count). The third kappa shape index (κ3) is 2.55. The number of rotatable bonds is 5. The molecule has 0 aliphatic carbocycles. The Kier molecular flexibility index (Phi) is 4.13. The lowest BCUT2D eigenvalue weighted by Gasteiger charge is -2.16. The lowest BCUT2D eigenvalue weighted by atomic mass is 10.1. The van der Waals surface area contributed by atoms with Crippen LogP contribution in [0.4, 0.5) is 0 Å². The molecule has 7 heteroatoms. The summed E-state index contributed by atoms with van der Waals surface area (Å²) >= 11 is 0. The minimum atomic E-state index is -1.25. The summed E-state index contributed by atoms with van der Waals surface area (Å²) in [4.78, 5) is 23.5. The summed E-state index contributed by atoms with van der Waals surface area (Å²) in [5.41, 5.74) is -0.337. The Hall–Kier alpha value is -2.54. The van der Waals surface area contributed by atoms with Gasteiger partial charge in [-0.2, -0.15) is 0 Å². The standard InChI is InChI=1S/C14H15NO6/c1-20-8-5-9-11(17)7-10(14(18)19)15(3-4-16)13(9)12(6-8)21-2/h5-7,16H,3-4H2,1-2H3,(H,18,19). The van der Waals surface area contributed by atoms with Gasteiger partial charge in [-0.15, -0.1) is 0 Å². The van der Waals surface area contributed by atoms with E-state index < -0.39 is 11.4 Å². The fourth-order valence-corrected chi connectivity index (χ4v) is 2.23. The van der Waals surface area contributed by atoms with Crippen LogP contribution < -0.4 is 14.9 Å². The number of hydrogen-bond acceptors (Lipinski definition) is 5. The molecular formula is C14H15NO6. The van der Waals surface area contributed by atoms with Crippen molar-refractivity contribution in [3.8, 4) is 11.5 Å². The largest absolute Gasteiger partial charge is 0.497 e. The first-order chi connectivity index (χ1) is 10.0. The summed E-state index contributed by atoms with van der Waals surface area (Å²) in [7, 11) is 2.87. The van der Waals surface area contributed by atoms with Crippen molar-refractivity contribution in [2.24, 2.45) is 0 Å². The van der Waals surface area contributed by atoms with Crippen LogP contribution in [0.3, 0.4) is 0 Å². The number of aliphatic hydroxyl groups is 1. The maximum atomic E-state index is 12.1. The second-order valence-corrected chi connectivity index (χ2v) is 4.30. The van der Waals surface area contributed by atoms with Crippen LogP contribution in [0.1, 0.15) is 10.5 Å². The third-order valence-electron chi connectivity index (χ3n) is 3.14. The number of benzene rings is 1. The van der Waals surface area contributed by atoms with Crippen molar-refractivity contribution >= 4 is 16.9 Å². The molecule has 2 aromatic rings. The van der Waals surface area contributed by atoms with Gasteiger partial charge >= 0.3 is 5.97 Å². The topological polar surface area (TPSA) is 98.0 Å². The van der Waals surface area contributed by atoms with Crippen LogP contribution in [0.5, 0.6) is 11.5 Å². The van der Waals surface area contributed by atoms with E-state index in [0.29, 0.717) is 17.0 Å². The highest BCUT2D eigenvalue weighted by atomic mass is 16.5. The zero-order valence-electron chi connectivity index (χ0n) is 11.6. The molecule has 0 amide bonds. The van der Waals surface area contributed by atoms with E-state index >= 15 is 0 Å². The molecule has 0 saturated carbocycles. The van der Waals surface area contributed by atoms with Crippen LogP contribution in [0.2, 0.25) is 0 Å². The van der Waals surface area contributed by atoms with Crippen molar-refractivity contribution in [3.05, 3.63) is 34.1 Å². The Morgan fingerprint density at radius 3 is 2.48 bits per heavy atom. The van der Waals surface area contributed by atoms with Crippen LogP contribution in [0.25, 0.3) is 10.9 Å². The fraction of sp³-hybridized carbons (Fsp3) is 0.286. The van der Waals surface area contributed by atoms with Gasteiger partial charge < -0.3 is 24.3 Å². The summed E-state index contributed by atoms with van der Waals surface area (Å²) in [5.74, 6) is -0.520. The molecule has 1 aromatic carbocycles. The quantitative estimate of drug-likeness (QED) is 0.842. The van der Waals surface area contributed by atoms with Gasteiger partial charge in [-0.1, -0.05) is 0 Å². The maximum Gasteiger partial charge on any atom is 0.352 e.